The van der Waals surface area contributed by atoms with E-state index in [4.69, 9.17) is 4.74 Å². The SMILES string of the molecule is CCc1ccccc1-c1cccc(C(=O)N2CCC[C@@H](CCOC)C2)c1. The summed E-state index contributed by atoms with van der Waals surface area (Å²) in [5.41, 5.74) is 4.46. The summed E-state index contributed by atoms with van der Waals surface area (Å²) < 4.78 is 5.21. The Balaban J connectivity index is 1.78. The maximum Gasteiger partial charge on any atom is 0.253 e. The minimum absolute atomic E-state index is 0.156. The normalized spacial score (nSPS) is 17.3. The van der Waals surface area contributed by atoms with Crippen LogP contribution in [0.2, 0.25) is 0 Å². The predicted molar refractivity (Wildman–Crippen MR) is 106 cm³/mol. The molecule has 1 fully saturated rings. The number of nitrogens with zero attached hydrogens (tertiary/aromatic N) is 1. The number of amides is 1. The van der Waals surface area contributed by atoms with Crippen LogP contribution in [-0.4, -0.2) is 37.6 Å². The van der Waals surface area contributed by atoms with Crippen molar-refractivity contribution in [2.75, 3.05) is 26.8 Å². The molecule has 138 valence electrons. The second-order valence-electron chi connectivity index (χ2n) is 7.13. The lowest BCUT2D eigenvalue weighted by atomic mass is 9.94. The molecule has 2 aromatic carbocycles. The van der Waals surface area contributed by atoms with E-state index in [-0.39, 0.29) is 5.91 Å². The summed E-state index contributed by atoms with van der Waals surface area (Å²) in [7, 11) is 1.74. The van der Waals surface area contributed by atoms with Crippen LogP contribution in [0.1, 0.15) is 42.1 Å². The average Bonchev–Trinajstić information content (AvgIpc) is 2.72. The number of aryl methyl sites for hydroxylation is 1. The quantitative estimate of drug-likeness (QED) is 0.748. The molecule has 0 spiro atoms. The molecule has 1 amide bonds. The number of benzene rings is 2. The summed E-state index contributed by atoms with van der Waals surface area (Å²) in [4.78, 5) is 15.1. The Kier molecular flexibility index (Phi) is 6.45. The van der Waals surface area contributed by atoms with Crippen molar-refractivity contribution in [1.29, 1.82) is 0 Å². The number of likely N-dealkylation sites (tertiary alicyclic amines) is 1. The molecule has 1 aliphatic heterocycles. The van der Waals surface area contributed by atoms with Crippen molar-refractivity contribution in [2.45, 2.75) is 32.6 Å². The second kappa shape index (κ2) is 9.00. The van der Waals surface area contributed by atoms with Crippen LogP contribution in [0.4, 0.5) is 0 Å². The predicted octanol–water partition coefficient (Wildman–Crippen LogP) is 4.80. The molecule has 3 rings (SSSR count). The fraction of sp³-hybridized carbons (Fsp3) is 0.435. The Hall–Kier alpha value is -2.13. The molecule has 1 aliphatic rings. The molecule has 3 heteroatoms. The van der Waals surface area contributed by atoms with Crippen molar-refractivity contribution in [3.63, 3.8) is 0 Å². The highest BCUT2D eigenvalue weighted by molar-refractivity contribution is 5.95. The first kappa shape index (κ1) is 18.7. The van der Waals surface area contributed by atoms with E-state index in [1.807, 2.05) is 17.0 Å². The van der Waals surface area contributed by atoms with Gasteiger partial charge in [-0.3, -0.25) is 4.79 Å². The van der Waals surface area contributed by atoms with Crippen LogP contribution in [0.25, 0.3) is 11.1 Å². The molecule has 0 unspecified atom stereocenters. The van der Waals surface area contributed by atoms with Crippen molar-refractivity contribution < 1.29 is 9.53 Å². The number of carbonyl (C=O) groups excluding carboxylic acids is 1. The van der Waals surface area contributed by atoms with Gasteiger partial charge in [0.1, 0.15) is 0 Å². The number of ether oxygens (including phenoxy) is 1. The number of methoxy groups -OCH3 is 1. The van der Waals surface area contributed by atoms with Crippen LogP contribution in [0.15, 0.2) is 48.5 Å². The number of hydrogen-bond donors (Lipinski definition) is 0. The number of rotatable bonds is 6. The van der Waals surface area contributed by atoms with E-state index in [1.165, 1.54) is 17.5 Å². The maximum absolute atomic E-state index is 13.1. The van der Waals surface area contributed by atoms with Gasteiger partial charge in [0.15, 0.2) is 0 Å². The van der Waals surface area contributed by atoms with Crippen molar-refractivity contribution in [3.05, 3.63) is 59.7 Å². The third-order valence-electron chi connectivity index (χ3n) is 5.36. The second-order valence-corrected chi connectivity index (χ2v) is 7.13. The van der Waals surface area contributed by atoms with Crippen molar-refractivity contribution in [3.8, 4) is 11.1 Å². The first-order chi connectivity index (χ1) is 12.7. The molecule has 0 radical (unpaired) electrons. The van der Waals surface area contributed by atoms with Crippen LogP contribution < -0.4 is 0 Å². The molecule has 1 saturated heterocycles. The van der Waals surface area contributed by atoms with E-state index in [9.17, 15) is 4.79 Å². The zero-order chi connectivity index (χ0) is 18.4. The summed E-state index contributed by atoms with van der Waals surface area (Å²) in [6, 6.07) is 16.5. The molecule has 0 aliphatic carbocycles. The van der Waals surface area contributed by atoms with Gasteiger partial charge in [-0.05, 0) is 60.4 Å². The Bertz CT molecular complexity index is 740. The standard InChI is InChI=1S/C23H29NO2/c1-3-19-9-4-5-12-22(19)20-10-6-11-21(16-20)23(25)24-14-7-8-18(17-24)13-15-26-2/h4-6,9-12,16,18H,3,7-8,13-15,17H2,1-2H3/t18-/m0/s1. The number of piperidine rings is 1. The van der Waals surface area contributed by atoms with E-state index < -0.39 is 0 Å². The molecule has 3 nitrogen and oxygen atoms in total. The monoisotopic (exact) mass is 351 g/mol. The molecule has 26 heavy (non-hydrogen) atoms. The first-order valence-corrected chi connectivity index (χ1v) is 9.69. The summed E-state index contributed by atoms with van der Waals surface area (Å²) in [6.45, 7) is 4.65. The number of carbonyl (C=O) groups is 1. The third-order valence-corrected chi connectivity index (χ3v) is 5.36. The van der Waals surface area contributed by atoms with E-state index in [0.29, 0.717) is 5.92 Å². The Morgan fingerprint density at radius 2 is 2.04 bits per heavy atom. The molecule has 1 atom stereocenters. The van der Waals surface area contributed by atoms with E-state index >= 15 is 0 Å². The first-order valence-electron chi connectivity index (χ1n) is 9.69. The topological polar surface area (TPSA) is 29.5 Å². The van der Waals surface area contributed by atoms with Gasteiger partial charge in [0.05, 0.1) is 0 Å². The van der Waals surface area contributed by atoms with Gasteiger partial charge in [-0.1, -0.05) is 43.3 Å². The van der Waals surface area contributed by atoms with E-state index in [2.05, 4.69) is 43.3 Å². The minimum atomic E-state index is 0.156. The minimum Gasteiger partial charge on any atom is -0.385 e. The highest BCUT2D eigenvalue weighted by atomic mass is 16.5. The molecule has 1 heterocycles. The molecule has 0 aromatic heterocycles. The molecule has 2 aromatic rings. The van der Waals surface area contributed by atoms with E-state index in [1.54, 1.807) is 7.11 Å². The van der Waals surface area contributed by atoms with Crippen LogP contribution in [-0.2, 0) is 11.2 Å². The van der Waals surface area contributed by atoms with Gasteiger partial charge in [-0.15, -0.1) is 0 Å². The molecule has 0 saturated carbocycles. The molecule has 0 N–H and O–H groups in total. The van der Waals surface area contributed by atoms with Crippen LogP contribution >= 0.6 is 0 Å². The van der Waals surface area contributed by atoms with Gasteiger partial charge in [0, 0.05) is 32.4 Å². The third kappa shape index (κ3) is 4.34. The fourth-order valence-corrected chi connectivity index (χ4v) is 3.88. The lowest BCUT2D eigenvalue weighted by molar-refractivity contribution is 0.0642. The van der Waals surface area contributed by atoms with Crippen LogP contribution in [0.5, 0.6) is 0 Å². The lowest BCUT2D eigenvalue weighted by Crippen LogP contribution is -2.40. The summed E-state index contributed by atoms with van der Waals surface area (Å²) >= 11 is 0. The van der Waals surface area contributed by atoms with Gasteiger partial charge < -0.3 is 9.64 Å². The number of hydrogen-bond acceptors (Lipinski definition) is 2. The molecular formula is C23H29NO2. The largest absolute Gasteiger partial charge is 0.385 e. The summed E-state index contributed by atoms with van der Waals surface area (Å²) in [5, 5.41) is 0. The van der Waals surface area contributed by atoms with Gasteiger partial charge in [0.25, 0.3) is 5.91 Å². The lowest BCUT2D eigenvalue weighted by Gasteiger charge is -2.33. The van der Waals surface area contributed by atoms with Gasteiger partial charge >= 0.3 is 0 Å². The van der Waals surface area contributed by atoms with Gasteiger partial charge in [-0.25, -0.2) is 0 Å². The van der Waals surface area contributed by atoms with Crippen molar-refractivity contribution >= 4 is 5.91 Å². The van der Waals surface area contributed by atoms with Crippen molar-refractivity contribution in [1.82, 2.24) is 4.90 Å². The molecule has 0 bridgehead atoms. The van der Waals surface area contributed by atoms with E-state index in [0.717, 1.165) is 50.1 Å². The van der Waals surface area contributed by atoms with Crippen LogP contribution in [0, 0.1) is 5.92 Å². The Labute approximate surface area is 157 Å². The van der Waals surface area contributed by atoms with Gasteiger partial charge in [-0.2, -0.15) is 0 Å². The Morgan fingerprint density at radius 3 is 2.85 bits per heavy atom. The highest BCUT2D eigenvalue weighted by Crippen LogP contribution is 2.26. The van der Waals surface area contributed by atoms with Gasteiger partial charge in [0.2, 0.25) is 0 Å². The summed E-state index contributed by atoms with van der Waals surface area (Å²) in [6.07, 6.45) is 4.29. The zero-order valence-corrected chi connectivity index (χ0v) is 15.9. The fourth-order valence-electron chi connectivity index (χ4n) is 3.88. The van der Waals surface area contributed by atoms with Crippen LogP contribution in [0.3, 0.4) is 0 Å². The highest BCUT2D eigenvalue weighted by Gasteiger charge is 2.24. The maximum atomic E-state index is 13.1. The molecular weight excluding hydrogens is 322 g/mol. The average molecular weight is 351 g/mol. The zero-order valence-electron chi connectivity index (χ0n) is 15.9. The van der Waals surface area contributed by atoms with Crippen molar-refractivity contribution in [2.24, 2.45) is 5.92 Å². The summed E-state index contributed by atoms with van der Waals surface area (Å²) in [5.74, 6) is 0.708. The smallest absolute Gasteiger partial charge is 0.253 e. The Morgan fingerprint density at radius 1 is 1.19 bits per heavy atom.